The van der Waals surface area contributed by atoms with E-state index in [1.807, 2.05) is 0 Å². The molecule has 2 amide bonds. The van der Waals surface area contributed by atoms with Gasteiger partial charge in [-0.1, -0.05) is 6.42 Å². The molecule has 20 heavy (non-hydrogen) atoms. The molecule has 2 rings (SSSR count). The van der Waals surface area contributed by atoms with Crippen LogP contribution in [0.5, 0.6) is 0 Å². The Morgan fingerprint density at radius 1 is 1.45 bits per heavy atom. The third-order valence-electron chi connectivity index (χ3n) is 3.91. The summed E-state index contributed by atoms with van der Waals surface area (Å²) in [5, 5.41) is 2.46. The van der Waals surface area contributed by atoms with E-state index in [-0.39, 0.29) is 17.6 Å². The fraction of sp³-hybridized carbons (Fsp3) is 0.500. The van der Waals surface area contributed by atoms with E-state index >= 15 is 0 Å². The smallest absolute Gasteiger partial charge is 0.321 e. The quantitative estimate of drug-likeness (QED) is 0.895. The van der Waals surface area contributed by atoms with Crippen LogP contribution in [-0.4, -0.2) is 30.6 Å². The molecule has 1 aliphatic rings. The second-order valence-corrected chi connectivity index (χ2v) is 5.16. The van der Waals surface area contributed by atoms with Gasteiger partial charge in [0.25, 0.3) is 0 Å². The Kier molecular flexibility index (Phi) is 4.54. The summed E-state index contributed by atoms with van der Waals surface area (Å²) < 4.78 is 26.3. The Balaban J connectivity index is 2.04. The summed E-state index contributed by atoms with van der Waals surface area (Å²) in [6.07, 6.45) is 2.94. The molecule has 0 saturated heterocycles. The molecule has 3 N–H and O–H groups in total. The number of nitrogens with zero attached hydrogens (tertiary/aromatic N) is 1. The number of anilines is 1. The van der Waals surface area contributed by atoms with E-state index in [0.717, 1.165) is 31.4 Å². The summed E-state index contributed by atoms with van der Waals surface area (Å²) in [6, 6.07) is 2.74. The van der Waals surface area contributed by atoms with Gasteiger partial charge in [0.15, 0.2) is 0 Å². The number of hydrogen-bond donors (Lipinski definition) is 2. The zero-order chi connectivity index (χ0) is 14.7. The lowest BCUT2D eigenvalue weighted by Gasteiger charge is -2.29. The number of benzene rings is 1. The number of hydrogen-bond acceptors (Lipinski definition) is 2. The van der Waals surface area contributed by atoms with E-state index in [1.54, 1.807) is 11.9 Å². The van der Waals surface area contributed by atoms with Crippen LogP contribution in [-0.2, 0) is 0 Å². The average molecular weight is 283 g/mol. The molecule has 1 aliphatic carbocycles. The summed E-state index contributed by atoms with van der Waals surface area (Å²) in [4.78, 5) is 13.7. The highest BCUT2D eigenvalue weighted by atomic mass is 19.1. The van der Waals surface area contributed by atoms with Crippen molar-refractivity contribution in [2.45, 2.75) is 25.3 Å². The molecule has 1 fully saturated rings. The van der Waals surface area contributed by atoms with Gasteiger partial charge >= 0.3 is 6.03 Å². The van der Waals surface area contributed by atoms with Crippen LogP contribution in [0.1, 0.15) is 19.3 Å². The van der Waals surface area contributed by atoms with Gasteiger partial charge in [-0.3, -0.25) is 0 Å². The molecule has 2 atom stereocenters. The van der Waals surface area contributed by atoms with Crippen molar-refractivity contribution in [3.8, 4) is 0 Å². The van der Waals surface area contributed by atoms with Crippen LogP contribution in [0, 0.1) is 17.6 Å². The molecular weight excluding hydrogens is 264 g/mol. The van der Waals surface area contributed by atoms with E-state index < -0.39 is 17.7 Å². The number of urea groups is 1. The first-order chi connectivity index (χ1) is 9.52. The van der Waals surface area contributed by atoms with Crippen LogP contribution in [0.3, 0.4) is 0 Å². The minimum Gasteiger partial charge on any atom is -0.330 e. The van der Waals surface area contributed by atoms with Crippen molar-refractivity contribution >= 4 is 11.7 Å². The topological polar surface area (TPSA) is 58.4 Å². The predicted molar refractivity (Wildman–Crippen MR) is 73.3 cm³/mol. The summed E-state index contributed by atoms with van der Waals surface area (Å²) >= 11 is 0. The highest BCUT2D eigenvalue weighted by Crippen LogP contribution is 2.29. The second kappa shape index (κ2) is 6.17. The van der Waals surface area contributed by atoms with Crippen molar-refractivity contribution in [3.05, 3.63) is 29.8 Å². The van der Waals surface area contributed by atoms with Gasteiger partial charge in [0.2, 0.25) is 0 Å². The maximum absolute atomic E-state index is 13.5. The van der Waals surface area contributed by atoms with Crippen LogP contribution in [0.15, 0.2) is 18.2 Å². The molecule has 1 saturated carbocycles. The van der Waals surface area contributed by atoms with Crippen LogP contribution < -0.4 is 11.1 Å². The number of carbonyl (C=O) groups excluding carboxylic acids is 1. The van der Waals surface area contributed by atoms with Gasteiger partial charge in [-0.25, -0.2) is 13.6 Å². The SMILES string of the molecule is CN(C(=O)Nc1ccc(F)cc1F)C1CCCC1CN. The Morgan fingerprint density at radius 3 is 2.85 bits per heavy atom. The number of nitrogens with two attached hydrogens (primary N) is 1. The molecule has 1 aromatic carbocycles. The van der Waals surface area contributed by atoms with Gasteiger partial charge in [-0.2, -0.15) is 0 Å². The van der Waals surface area contributed by atoms with Gasteiger partial charge < -0.3 is 16.0 Å². The number of rotatable bonds is 3. The first-order valence-electron chi connectivity index (χ1n) is 6.72. The van der Waals surface area contributed by atoms with E-state index in [9.17, 15) is 13.6 Å². The highest BCUT2D eigenvalue weighted by molar-refractivity contribution is 5.89. The van der Waals surface area contributed by atoms with Gasteiger partial charge in [0.1, 0.15) is 11.6 Å². The standard InChI is InChI=1S/C14H19F2N3O/c1-19(13-4-2-3-9(13)8-17)14(20)18-12-6-5-10(15)7-11(12)16/h5-7,9,13H,2-4,8,17H2,1H3,(H,18,20). The van der Waals surface area contributed by atoms with Crippen molar-refractivity contribution in [1.82, 2.24) is 4.90 Å². The molecule has 4 nitrogen and oxygen atoms in total. The van der Waals surface area contributed by atoms with Gasteiger partial charge in [0, 0.05) is 19.2 Å². The maximum Gasteiger partial charge on any atom is 0.321 e. The first-order valence-corrected chi connectivity index (χ1v) is 6.72. The van der Waals surface area contributed by atoms with Crippen molar-refractivity contribution in [2.24, 2.45) is 11.7 Å². The Hall–Kier alpha value is -1.69. The monoisotopic (exact) mass is 283 g/mol. The minimum atomic E-state index is -0.784. The van der Waals surface area contributed by atoms with E-state index in [0.29, 0.717) is 6.54 Å². The Labute approximate surface area is 116 Å². The van der Waals surface area contributed by atoms with E-state index in [2.05, 4.69) is 5.32 Å². The van der Waals surface area contributed by atoms with Crippen LogP contribution in [0.25, 0.3) is 0 Å². The Morgan fingerprint density at radius 2 is 2.20 bits per heavy atom. The zero-order valence-corrected chi connectivity index (χ0v) is 11.4. The van der Waals surface area contributed by atoms with Crippen molar-refractivity contribution < 1.29 is 13.6 Å². The number of nitrogens with one attached hydrogen (secondary N) is 1. The normalized spacial score (nSPS) is 21.8. The van der Waals surface area contributed by atoms with Crippen molar-refractivity contribution in [1.29, 1.82) is 0 Å². The largest absolute Gasteiger partial charge is 0.330 e. The molecule has 0 aromatic heterocycles. The molecule has 0 spiro atoms. The van der Waals surface area contributed by atoms with Crippen molar-refractivity contribution in [2.75, 3.05) is 18.9 Å². The molecule has 0 heterocycles. The number of carbonyl (C=O) groups is 1. The number of amides is 2. The number of halogens is 2. The first kappa shape index (κ1) is 14.7. The molecule has 0 aliphatic heterocycles. The maximum atomic E-state index is 13.5. The van der Waals surface area contributed by atoms with Crippen molar-refractivity contribution in [3.63, 3.8) is 0 Å². The zero-order valence-electron chi connectivity index (χ0n) is 11.4. The summed E-state index contributed by atoms with van der Waals surface area (Å²) in [6.45, 7) is 0.535. The van der Waals surface area contributed by atoms with E-state index in [4.69, 9.17) is 5.73 Å². The molecule has 1 aromatic rings. The summed E-state index contributed by atoms with van der Waals surface area (Å²) in [7, 11) is 1.68. The minimum absolute atomic E-state index is 0.0226. The Bertz CT molecular complexity index is 495. The lowest BCUT2D eigenvalue weighted by atomic mass is 10.0. The molecular formula is C14H19F2N3O. The summed E-state index contributed by atoms with van der Waals surface area (Å²) in [5.41, 5.74) is 5.67. The molecule has 110 valence electrons. The highest BCUT2D eigenvalue weighted by Gasteiger charge is 2.31. The summed E-state index contributed by atoms with van der Waals surface area (Å²) in [5.74, 6) is -1.18. The van der Waals surface area contributed by atoms with Crippen LogP contribution in [0.4, 0.5) is 19.3 Å². The van der Waals surface area contributed by atoms with Gasteiger partial charge in [0.05, 0.1) is 5.69 Å². The van der Waals surface area contributed by atoms with Gasteiger partial charge in [-0.15, -0.1) is 0 Å². The molecule has 6 heteroatoms. The van der Waals surface area contributed by atoms with Crippen LogP contribution >= 0.6 is 0 Å². The molecule has 0 radical (unpaired) electrons. The van der Waals surface area contributed by atoms with Gasteiger partial charge in [-0.05, 0) is 37.4 Å². The van der Waals surface area contributed by atoms with Crippen LogP contribution in [0.2, 0.25) is 0 Å². The fourth-order valence-corrected chi connectivity index (χ4v) is 2.75. The lowest BCUT2D eigenvalue weighted by molar-refractivity contribution is 0.189. The molecule has 0 bridgehead atoms. The third-order valence-corrected chi connectivity index (χ3v) is 3.91. The molecule has 2 unspecified atom stereocenters. The third kappa shape index (κ3) is 3.07. The average Bonchev–Trinajstić information content (AvgIpc) is 2.89. The predicted octanol–water partition coefficient (Wildman–Crippen LogP) is 2.56. The lowest BCUT2D eigenvalue weighted by Crippen LogP contribution is -2.43. The fourth-order valence-electron chi connectivity index (χ4n) is 2.75. The second-order valence-electron chi connectivity index (χ2n) is 5.16. The van der Waals surface area contributed by atoms with E-state index in [1.165, 1.54) is 6.07 Å².